The highest BCUT2D eigenvalue weighted by atomic mass is 35.5. The maximum Gasteiger partial charge on any atom is 0.321 e. The molecule has 1 aliphatic carbocycles. The Morgan fingerprint density at radius 3 is 2.54 bits per heavy atom. The number of anilines is 1. The first-order valence-corrected chi connectivity index (χ1v) is 15.3. The van der Waals surface area contributed by atoms with E-state index in [1.807, 2.05) is 6.92 Å². The minimum absolute atomic E-state index is 0.0203. The molecule has 0 radical (unpaired) electrons. The number of fused-ring (bicyclic) bond motifs is 2. The van der Waals surface area contributed by atoms with E-state index >= 15 is 4.39 Å². The van der Waals surface area contributed by atoms with E-state index in [1.165, 1.54) is 13.0 Å². The first-order valence-electron chi connectivity index (χ1n) is 14.9. The summed E-state index contributed by atoms with van der Waals surface area (Å²) in [6.45, 7) is 3.27. The molecule has 1 N–H and O–H groups in total. The van der Waals surface area contributed by atoms with Crippen molar-refractivity contribution in [1.29, 1.82) is 0 Å². The standard InChI is InChI=1S/C35H29ClFN5O4/c1-19-15-38-35(39-16-19)46-22-10-11-29-25(14-22)26(20(2)43)17-41(29)18-32(44)42-30-12-21(30)13-31(42)34(45)40-28-9-5-7-24(33(28)37)23-6-3-4-8-27(23)36/h3-11,14-17,21,30-31H,12-13,18H2,1-2H3,(H,40,45)/t21-,30-,31+/m1/s1. The predicted molar refractivity (Wildman–Crippen MR) is 171 cm³/mol. The number of nitrogens with one attached hydrogen (secondary N) is 1. The van der Waals surface area contributed by atoms with E-state index < -0.39 is 17.8 Å². The van der Waals surface area contributed by atoms with Gasteiger partial charge in [-0.25, -0.2) is 14.4 Å². The van der Waals surface area contributed by atoms with Gasteiger partial charge < -0.3 is 19.5 Å². The molecule has 0 bridgehead atoms. The SMILES string of the molecule is CC(=O)c1cn(CC(=O)N2[C@@H]3C[C@@H]3C[C@H]2C(=O)Nc2cccc(-c3ccccc3Cl)c2F)c2ccc(Oc3ncc(C)cn3)cc12. The van der Waals surface area contributed by atoms with Crippen LogP contribution in [-0.4, -0.2) is 49.1 Å². The molecule has 232 valence electrons. The number of piperidine rings is 1. The van der Waals surface area contributed by atoms with Crippen LogP contribution < -0.4 is 10.1 Å². The molecule has 2 amide bonds. The number of carbonyl (C=O) groups excluding carboxylic acids is 3. The normalized spacial score (nSPS) is 18.3. The first kappa shape index (κ1) is 29.6. The van der Waals surface area contributed by atoms with Crippen molar-refractivity contribution in [3.8, 4) is 22.9 Å². The fourth-order valence-electron chi connectivity index (χ4n) is 6.30. The number of amides is 2. The summed E-state index contributed by atoms with van der Waals surface area (Å²) in [6.07, 6.45) is 6.27. The predicted octanol–water partition coefficient (Wildman–Crippen LogP) is 6.82. The maximum absolute atomic E-state index is 15.6. The summed E-state index contributed by atoms with van der Waals surface area (Å²) in [7, 11) is 0. The molecule has 1 saturated carbocycles. The van der Waals surface area contributed by atoms with Crippen LogP contribution in [0.1, 0.15) is 35.7 Å². The fourth-order valence-corrected chi connectivity index (χ4v) is 6.54. The molecular weight excluding hydrogens is 609 g/mol. The highest BCUT2D eigenvalue weighted by Crippen LogP contribution is 2.48. The Morgan fingerprint density at radius 1 is 1.02 bits per heavy atom. The van der Waals surface area contributed by atoms with Crippen molar-refractivity contribution >= 4 is 45.8 Å². The van der Waals surface area contributed by atoms with E-state index in [1.54, 1.807) is 82.7 Å². The molecule has 5 aromatic rings. The molecular formula is C35H29ClFN5O4. The van der Waals surface area contributed by atoms with E-state index in [-0.39, 0.29) is 47.5 Å². The molecule has 7 rings (SSSR count). The van der Waals surface area contributed by atoms with Crippen LogP contribution in [0.3, 0.4) is 0 Å². The quantitative estimate of drug-likeness (QED) is 0.187. The lowest BCUT2D eigenvalue weighted by Crippen LogP contribution is -2.46. The number of ketones is 1. The van der Waals surface area contributed by atoms with Crippen molar-refractivity contribution in [3.63, 3.8) is 0 Å². The van der Waals surface area contributed by atoms with Gasteiger partial charge in [-0.2, -0.15) is 0 Å². The van der Waals surface area contributed by atoms with Gasteiger partial charge in [0, 0.05) is 57.2 Å². The number of rotatable bonds is 8. The van der Waals surface area contributed by atoms with Crippen molar-refractivity contribution < 1.29 is 23.5 Å². The summed E-state index contributed by atoms with van der Waals surface area (Å²) < 4.78 is 23.1. The van der Waals surface area contributed by atoms with Gasteiger partial charge >= 0.3 is 6.01 Å². The van der Waals surface area contributed by atoms with Crippen LogP contribution in [0.25, 0.3) is 22.0 Å². The Kier molecular flexibility index (Phi) is 7.52. The number of aryl methyl sites for hydroxylation is 1. The Balaban J connectivity index is 1.12. The van der Waals surface area contributed by atoms with E-state index in [2.05, 4.69) is 15.3 Å². The van der Waals surface area contributed by atoms with Gasteiger partial charge in [0.05, 0.1) is 5.69 Å². The summed E-state index contributed by atoms with van der Waals surface area (Å²) in [5.41, 5.74) is 2.81. The Labute approximate surface area is 269 Å². The lowest BCUT2D eigenvalue weighted by molar-refractivity contribution is -0.138. The second-order valence-electron chi connectivity index (χ2n) is 11.8. The van der Waals surface area contributed by atoms with Crippen LogP contribution in [0.4, 0.5) is 10.1 Å². The zero-order valence-electron chi connectivity index (χ0n) is 25.0. The lowest BCUT2D eigenvalue weighted by atomic mass is 10.0. The zero-order valence-corrected chi connectivity index (χ0v) is 25.8. The smallest absolute Gasteiger partial charge is 0.321 e. The highest BCUT2D eigenvalue weighted by Gasteiger charge is 2.56. The van der Waals surface area contributed by atoms with E-state index in [0.29, 0.717) is 39.2 Å². The number of benzene rings is 3. The van der Waals surface area contributed by atoms with Crippen molar-refractivity contribution in [2.45, 2.75) is 45.3 Å². The zero-order chi connectivity index (χ0) is 32.1. The van der Waals surface area contributed by atoms with E-state index in [4.69, 9.17) is 16.3 Å². The summed E-state index contributed by atoms with van der Waals surface area (Å²) in [6, 6.07) is 16.3. The van der Waals surface area contributed by atoms with Crippen molar-refractivity contribution in [2.24, 2.45) is 5.92 Å². The molecule has 1 saturated heterocycles. The number of ether oxygens (including phenoxy) is 1. The van der Waals surface area contributed by atoms with Crippen LogP contribution >= 0.6 is 11.6 Å². The topological polar surface area (TPSA) is 106 Å². The van der Waals surface area contributed by atoms with Gasteiger partial charge in [-0.1, -0.05) is 41.9 Å². The van der Waals surface area contributed by atoms with Crippen LogP contribution in [0.5, 0.6) is 11.8 Å². The average molecular weight is 638 g/mol. The molecule has 0 spiro atoms. The number of Topliss-reactive ketones (excluding diaryl/α,β-unsaturated/α-hetero) is 1. The third-order valence-electron chi connectivity index (χ3n) is 8.62. The second kappa shape index (κ2) is 11.7. The van der Waals surface area contributed by atoms with E-state index in [9.17, 15) is 14.4 Å². The van der Waals surface area contributed by atoms with E-state index in [0.717, 1.165) is 12.0 Å². The van der Waals surface area contributed by atoms with Gasteiger partial charge in [0.1, 0.15) is 18.3 Å². The molecule has 2 fully saturated rings. The monoisotopic (exact) mass is 637 g/mol. The van der Waals surface area contributed by atoms with Gasteiger partial charge in [0.25, 0.3) is 0 Å². The number of carbonyl (C=O) groups is 3. The van der Waals surface area contributed by atoms with Gasteiger partial charge in [-0.05, 0) is 68.5 Å². The number of aromatic nitrogens is 3. The second-order valence-corrected chi connectivity index (χ2v) is 12.2. The molecule has 3 heterocycles. The minimum atomic E-state index is -0.747. The molecule has 9 nitrogen and oxygen atoms in total. The molecule has 0 unspecified atom stereocenters. The van der Waals surface area contributed by atoms with Gasteiger partial charge in [-0.15, -0.1) is 0 Å². The van der Waals surface area contributed by atoms with Crippen molar-refractivity contribution in [2.75, 3.05) is 5.32 Å². The summed E-state index contributed by atoms with van der Waals surface area (Å²) in [4.78, 5) is 49.9. The van der Waals surface area contributed by atoms with Crippen LogP contribution in [0.2, 0.25) is 5.02 Å². The van der Waals surface area contributed by atoms with Gasteiger partial charge in [-0.3, -0.25) is 14.4 Å². The molecule has 2 aromatic heterocycles. The first-order chi connectivity index (χ1) is 22.2. The summed E-state index contributed by atoms with van der Waals surface area (Å²) in [5.74, 6) is -0.796. The van der Waals surface area contributed by atoms with Gasteiger partial charge in [0.2, 0.25) is 11.8 Å². The fraction of sp³-hybridized carbons (Fsp3) is 0.229. The van der Waals surface area contributed by atoms with Crippen LogP contribution in [-0.2, 0) is 16.1 Å². The molecule has 2 aliphatic rings. The number of hydrogen-bond acceptors (Lipinski definition) is 6. The average Bonchev–Trinajstić information content (AvgIpc) is 3.55. The number of nitrogens with zero attached hydrogens (tertiary/aromatic N) is 4. The third-order valence-corrected chi connectivity index (χ3v) is 8.95. The van der Waals surface area contributed by atoms with Crippen LogP contribution in [0, 0.1) is 18.7 Å². The number of hydrogen-bond donors (Lipinski definition) is 1. The largest absolute Gasteiger partial charge is 0.424 e. The Hall–Kier alpha value is -5.09. The molecule has 11 heteroatoms. The van der Waals surface area contributed by atoms with Crippen LogP contribution in [0.15, 0.2) is 79.3 Å². The third kappa shape index (κ3) is 5.49. The van der Waals surface area contributed by atoms with Crippen molar-refractivity contribution in [3.05, 3.63) is 101 Å². The lowest BCUT2D eigenvalue weighted by Gasteiger charge is -2.27. The molecule has 1 aliphatic heterocycles. The number of likely N-dealkylation sites (tertiary alicyclic amines) is 1. The minimum Gasteiger partial charge on any atom is -0.424 e. The highest BCUT2D eigenvalue weighted by molar-refractivity contribution is 6.33. The summed E-state index contributed by atoms with van der Waals surface area (Å²) in [5, 5.41) is 3.74. The summed E-state index contributed by atoms with van der Waals surface area (Å²) >= 11 is 6.30. The molecule has 3 atom stereocenters. The molecule has 3 aromatic carbocycles. The number of halogens is 2. The molecule has 46 heavy (non-hydrogen) atoms. The van der Waals surface area contributed by atoms with Crippen molar-refractivity contribution in [1.82, 2.24) is 19.4 Å². The maximum atomic E-state index is 15.6. The Morgan fingerprint density at radius 2 is 1.78 bits per heavy atom. The Bertz CT molecular complexity index is 2030. The van der Waals surface area contributed by atoms with Gasteiger partial charge in [0.15, 0.2) is 11.6 Å².